The van der Waals surface area contributed by atoms with E-state index in [1.807, 2.05) is 0 Å². The van der Waals surface area contributed by atoms with E-state index < -0.39 is 0 Å². The van der Waals surface area contributed by atoms with Gasteiger partial charge in [0.25, 0.3) is 0 Å². The van der Waals surface area contributed by atoms with E-state index in [9.17, 15) is 0 Å². The number of aromatic nitrogens is 2. The third-order valence-electron chi connectivity index (χ3n) is 2.18. The van der Waals surface area contributed by atoms with E-state index in [0.29, 0.717) is 0 Å². The van der Waals surface area contributed by atoms with Gasteiger partial charge in [-0.1, -0.05) is 19.1 Å². The predicted octanol–water partition coefficient (Wildman–Crippen LogP) is 0.394. The Hall–Kier alpha value is -1.18. The van der Waals surface area contributed by atoms with Crippen LogP contribution in [-0.4, -0.2) is 9.97 Å². The van der Waals surface area contributed by atoms with E-state index in [0.717, 1.165) is 24.6 Å². The first-order valence-electron chi connectivity index (χ1n) is 4.42. The highest BCUT2D eigenvalue weighted by Gasteiger charge is 1.99. The van der Waals surface area contributed by atoms with E-state index in [4.69, 9.17) is 0 Å². The fraction of sp³-hybridized carbons (Fsp3) is 0.400. The van der Waals surface area contributed by atoms with Crippen molar-refractivity contribution in [1.29, 1.82) is 0 Å². The van der Waals surface area contributed by atoms with Crippen molar-refractivity contribution in [2.75, 3.05) is 0 Å². The number of fused-ring (bicyclic) bond motifs is 1. The largest absolute Gasteiger partial charge is 0.241 e. The van der Waals surface area contributed by atoms with Crippen molar-refractivity contribution in [2.45, 2.75) is 26.2 Å². The molecule has 0 unspecified atom stereocenters. The zero-order valence-corrected chi connectivity index (χ0v) is 7.25. The highest BCUT2D eigenvalue weighted by Crippen LogP contribution is 1.95. The molecular formula is C10H12N2. The average molecular weight is 160 g/mol. The molecule has 0 atom stereocenters. The van der Waals surface area contributed by atoms with Crippen LogP contribution in [0.3, 0.4) is 0 Å². The van der Waals surface area contributed by atoms with E-state index in [-0.39, 0.29) is 0 Å². The topological polar surface area (TPSA) is 25.8 Å². The lowest BCUT2D eigenvalue weighted by Gasteiger charge is -2.01. The van der Waals surface area contributed by atoms with E-state index >= 15 is 0 Å². The molecule has 1 aromatic heterocycles. The Morgan fingerprint density at radius 2 is 2.08 bits per heavy atom. The van der Waals surface area contributed by atoms with Crippen molar-refractivity contribution in [3.63, 3.8) is 0 Å². The SMILES string of the molecule is CCc1ncnc2c1=CCCC=2. The fourth-order valence-electron chi connectivity index (χ4n) is 1.56. The Balaban J connectivity index is 2.77. The Kier molecular flexibility index (Phi) is 1.90. The summed E-state index contributed by atoms with van der Waals surface area (Å²) in [6.45, 7) is 2.13. The van der Waals surface area contributed by atoms with Gasteiger partial charge < -0.3 is 0 Å². The van der Waals surface area contributed by atoms with Gasteiger partial charge in [0.15, 0.2) is 0 Å². The number of aryl methyl sites for hydroxylation is 1. The molecule has 0 fully saturated rings. The van der Waals surface area contributed by atoms with Gasteiger partial charge in [-0.3, -0.25) is 0 Å². The molecule has 1 heterocycles. The molecule has 12 heavy (non-hydrogen) atoms. The molecule has 2 nitrogen and oxygen atoms in total. The zero-order valence-electron chi connectivity index (χ0n) is 7.25. The van der Waals surface area contributed by atoms with E-state index in [1.165, 1.54) is 10.9 Å². The summed E-state index contributed by atoms with van der Waals surface area (Å²) in [4.78, 5) is 8.48. The summed E-state index contributed by atoms with van der Waals surface area (Å²) < 4.78 is 0. The standard InChI is InChI=1S/C10H12N2/c1-2-9-8-5-3-4-6-10(8)12-7-11-9/h5-7H,2-4H2,1H3. The van der Waals surface area contributed by atoms with Gasteiger partial charge in [-0.2, -0.15) is 0 Å². The number of rotatable bonds is 1. The first kappa shape index (κ1) is 7.47. The molecule has 0 aromatic carbocycles. The maximum absolute atomic E-state index is 4.25. The van der Waals surface area contributed by atoms with Gasteiger partial charge in [-0.05, 0) is 19.3 Å². The van der Waals surface area contributed by atoms with Crippen LogP contribution in [0.4, 0.5) is 0 Å². The van der Waals surface area contributed by atoms with Crippen LogP contribution < -0.4 is 10.6 Å². The van der Waals surface area contributed by atoms with Gasteiger partial charge in [0.2, 0.25) is 0 Å². The molecule has 0 saturated carbocycles. The lowest BCUT2D eigenvalue weighted by atomic mass is 10.1. The van der Waals surface area contributed by atoms with Gasteiger partial charge in [-0.15, -0.1) is 0 Å². The van der Waals surface area contributed by atoms with Crippen molar-refractivity contribution < 1.29 is 0 Å². The molecule has 0 saturated heterocycles. The summed E-state index contributed by atoms with van der Waals surface area (Å²) in [5.74, 6) is 0. The number of hydrogen-bond donors (Lipinski definition) is 0. The molecule has 0 bridgehead atoms. The van der Waals surface area contributed by atoms with Crippen LogP contribution in [0, 0.1) is 0 Å². The van der Waals surface area contributed by atoms with Crippen molar-refractivity contribution in [3.05, 3.63) is 22.6 Å². The molecule has 0 N–H and O–H groups in total. The predicted molar refractivity (Wildman–Crippen MR) is 48.8 cm³/mol. The third-order valence-corrected chi connectivity index (χ3v) is 2.18. The minimum absolute atomic E-state index is 0.995. The van der Waals surface area contributed by atoms with Crippen LogP contribution in [0.2, 0.25) is 0 Å². The maximum Gasteiger partial charge on any atom is 0.116 e. The first-order valence-corrected chi connectivity index (χ1v) is 4.42. The molecule has 2 rings (SSSR count). The van der Waals surface area contributed by atoms with Crippen LogP contribution in [0.1, 0.15) is 25.5 Å². The van der Waals surface area contributed by atoms with Crippen LogP contribution >= 0.6 is 0 Å². The highest BCUT2D eigenvalue weighted by molar-refractivity contribution is 5.36. The second-order valence-corrected chi connectivity index (χ2v) is 2.96. The third kappa shape index (κ3) is 1.13. The Labute approximate surface area is 71.7 Å². The Bertz CT molecular complexity index is 393. The molecule has 1 aliphatic rings. The summed E-state index contributed by atoms with van der Waals surface area (Å²) in [5, 5.41) is 2.37. The number of hydrogen-bond acceptors (Lipinski definition) is 2. The van der Waals surface area contributed by atoms with Crippen LogP contribution in [0.5, 0.6) is 0 Å². The molecule has 0 amide bonds. The van der Waals surface area contributed by atoms with Crippen molar-refractivity contribution in [1.82, 2.24) is 9.97 Å². The lowest BCUT2D eigenvalue weighted by Crippen LogP contribution is -2.34. The van der Waals surface area contributed by atoms with Crippen LogP contribution in [0.25, 0.3) is 12.2 Å². The Morgan fingerprint density at radius 3 is 2.92 bits per heavy atom. The van der Waals surface area contributed by atoms with Gasteiger partial charge >= 0.3 is 0 Å². The van der Waals surface area contributed by atoms with Crippen molar-refractivity contribution in [2.24, 2.45) is 0 Å². The molecule has 1 aromatic rings. The second kappa shape index (κ2) is 3.05. The quantitative estimate of drug-likeness (QED) is 0.594. The van der Waals surface area contributed by atoms with E-state index in [1.54, 1.807) is 6.33 Å². The fourth-order valence-corrected chi connectivity index (χ4v) is 1.56. The minimum atomic E-state index is 0.995. The van der Waals surface area contributed by atoms with Gasteiger partial charge in [-0.25, -0.2) is 9.97 Å². The Morgan fingerprint density at radius 1 is 1.25 bits per heavy atom. The van der Waals surface area contributed by atoms with Crippen molar-refractivity contribution >= 4 is 12.2 Å². The number of nitrogens with zero attached hydrogens (tertiary/aromatic N) is 2. The van der Waals surface area contributed by atoms with Gasteiger partial charge in [0.1, 0.15) is 6.33 Å². The lowest BCUT2D eigenvalue weighted by molar-refractivity contribution is 0.939. The van der Waals surface area contributed by atoms with Crippen LogP contribution in [-0.2, 0) is 6.42 Å². The molecule has 0 spiro atoms. The monoisotopic (exact) mass is 160 g/mol. The first-order chi connectivity index (χ1) is 5.92. The summed E-state index contributed by atoms with van der Waals surface area (Å²) in [7, 11) is 0. The molecule has 1 aliphatic carbocycles. The maximum atomic E-state index is 4.25. The molecule has 2 heteroatoms. The van der Waals surface area contributed by atoms with Crippen LogP contribution in [0.15, 0.2) is 6.33 Å². The molecule has 0 aliphatic heterocycles. The molecule has 62 valence electrons. The second-order valence-electron chi connectivity index (χ2n) is 2.96. The minimum Gasteiger partial charge on any atom is -0.241 e. The normalized spacial score (nSPS) is 14.4. The smallest absolute Gasteiger partial charge is 0.116 e. The van der Waals surface area contributed by atoms with Gasteiger partial charge in [0, 0.05) is 5.22 Å². The summed E-state index contributed by atoms with van der Waals surface area (Å²) in [6, 6.07) is 0. The summed E-state index contributed by atoms with van der Waals surface area (Å²) in [6.07, 6.45) is 9.34. The summed E-state index contributed by atoms with van der Waals surface area (Å²) in [5.41, 5.74) is 1.18. The zero-order chi connectivity index (χ0) is 8.39. The highest BCUT2D eigenvalue weighted by atomic mass is 14.8. The molecule has 0 radical (unpaired) electrons. The summed E-state index contributed by atoms with van der Waals surface area (Å²) >= 11 is 0. The van der Waals surface area contributed by atoms with E-state index in [2.05, 4.69) is 29.0 Å². The van der Waals surface area contributed by atoms with Crippen molar-refractivity contribution in [3.8, 4) is 0 Å². The average Bonchev–Trinajstić information content (AvgIpc) is 2.17. The molecular weight excluding hydrogens is 148 g/mol. The van der Waals surface area contributed by atoms with Gasteiger partial charge in [0.05, 0.1) is 11.0 Å².